The Bertz CT molecular complexity index is 735. The van der Waals surface area contributed by atoms with Gasteiger partial charge in [-0.05, 0) is 42.8 Å². The standard InChI is InChI=1S/C18H18ClNO4/c1-12-8-13(19)6-7-15(12)23-11-18(21)20-9-14-10-22-16-4-2-3-5-17(16)24-14/h2-8,14H,9-11H2,1H3,(H,20,21)/t14-/m0/s1. The van der Waals surface area contributed by atoms with Gasteiger partial charge in [-0.25, -0.2) is 0 Å². The highest BCUT2D eigenvalue weighted by molar-refractivity contribution is 6.30. The van der Waals surface area contributed by atoms with E-state index in [0.29, 0.717) is 29.7 Å². The van der Waals surface area contributed by atoms with E-state index >= 15 is 0 Å². The Labute approximate surface area is 145 Å². The summed E-state index contributed by atoms with van der Waals surface area (Å²) in [4.78, 5) is 11.9. The molecule has 1 N–H and O–H groups in total. The van der Waals surface area contributed by atoms with Crippen molar-refractivity contribution in [2.45, 2.75) is 13.0 Å². The molecule has 3 rings (SSSR count). The van der Waals surface area contributed by atoms with Crippen molar-refractivity contribution in [3.8, 4) is 17.2 Å². The van der Waals surface area contributed by atoms with Crippen LogP contribution in [-0.4, -0.2) is 31.8 Å². The number of ether oxygens (including phenoxy) is 3. The second kappa shape index (κ2) is 7.45. The van der Waals surface area contributed by atoms with Gasteiger partial charge in [0, 0.05) is 5.02 Å². The van der Waals surface area contributed by atoms with Gasteiger partial charge in [0.05, 0.1) is 6.54 Å². The number of rotatable bonds is 5. The van der Waals surface area contributed by atoms with E-state index in [2.05, 4.69) is 5.32 Å². The molecule has 0 radical (unpaired) electrons. The van der Waals surface area contributed by atoms with E-state index in [0.717, 1.165) is 11.3 Å². The fourth-order valence-electron chi connectivity index (χ4n) is 2.36. The molecule has 2 aromatic carbocycles. The summed E-state index contributed by atoms with van der Waals surface area (Å²) in [5.74, 6) is 1.84. The maximum atomic E-state index is 11.9. The van der Waals surface area contributed by atoms with Crippen LogP contribution in [0.5, 0.6) is 17.2 Å². The lowest BCUT2D eigenvalue weighted by Crippen LogP contribution is -2.42. The van der Waals surface area contributed by atoms with Crippen LogP contribution < -0.4 is 19.5 Å². The van der Waals surface area contributed by atoms with Gasteiger partial charge in [-0.1, -0.05) is 23.7 Å². The molecular formula is C18H18ClNO4. The maximum Gasteiger partial charge on any atom is 0.258 e. The number of aryl methyl sites for hydroxylation is 1. The molecule has 126 valence electrons. The van der Waals surface area contributed by atoms with Gasteiger partial charge >= 0.3 is 0 Å². The number of carbonyl (C=O) groups excluding carboxylic acids is 1. The lowest BCUT2D eigenvalue weighted by molar-refractivity contribution is -0.123. The molecule has 1 aliphatic rings. The summed E-state index contributed by atoms with van der Waals surface area (Å²) < 4.78 is 16.9. The molecule has 1 amide bonds. The predicted octanol–water partition coefficient (Wildman–Crippen LogP) is 2.98. The fourth-order valence-corrected chi connectivity index (χ4v) is 2.59. The Hall–Kier alpha value is -2.40. The quantitative estimate of drug-likeness (QED) is 0.903. The summed E-state index contributed by atoms with van der Waals surface area (Å²) in [6.45, 7) is 2.57. The minimum Gasteiger partial charge on any atom is -0.486 e. The van der Waals surface area contributed by atoms with Crippen LogP contribution in [0, 0.1) is 6.92 Å². The van der Waals surface area contributed by atoms with Crippen LogP contribution in [0.1, 0.15) is 5.56 Å². The zero-order chi connectivity index (χ0) is 16.9. The Morgan fingerprint density at radius 3 is 2.88 bits per heavy atom. The Morgan fingerprint density at radius 2 is 2.08 bits per heavy atom. The number of hydrogen-bond donors (Lipinski definition) is 1. The number of amides is 1. The number of carbonyl (C=O) groups is 1. The molecule has 0 unspecified atom stereocenters. The van der Waals surface area contributed by atoms with E-state index in [9.17, 15) is 4.79 Å². The van der Waals surface area contributed by atoms with Crippen LogP contribution in [0.25, 0.3) is 0 Å². The zero-order valence-electron chi connectivity index (χ0n) is 13.3. The molecule has 1 aliphatic heterocycles. The van der Waals surface area contributed by atoms with Crippen molar-refractivity contribution in [2.75, 3.05) is 19.8 Å². The zero-order valence-corrected chi connectivity index (χ0v) is 14.0. The van der Waals surface area contributed by atoms with Gasteiger partial charge in [-0.2, -0.15) is 0 Å². The van der Waals surface area contributed by atoms with E-state index in [1.54, 1.807) is 18.2 Å². The Kier molecular flexibility index (Phi) is 5.11. The number of fused-ring (bicyclic) bond motifs is 1. The van der Waals surface area contributed by atoms with E-state index in [-0.39, 0.29) is 18.6 Å². The molecule has 0 bridgehead atoms. The first kappa shape index (κ1) is 16.5. The first-order valence-corrected chi connectivity index (χ1v) is 8.04. The van der Waals surface area contributed by atoms with E-state index in [4.69, 9.17) is 25.8 Å². The van der Waals surface area contributed by atoms with Crippen molar-refractivity contribution in [3.63, 3.8) is 0 Å². The predicted molar refractivity (Wildman–Crippen MR) is 91.0 cm³/mol. The van der Waals surface area contributed by atoms with Crippen molar-refractivity contribution in [2.24, 2.45) is 0 Å². The minimum absolute atomic E-state index is 0.0629. The van der Waals surface area contributed by atoms with Gasteiger partial charge in [0.1, 0.15) is 18.5 Å². The van der Waals surface area contributed by atoms with Crippen LogP contribution in [0.3, 0.4) is 0 Å². The first-order valence-electron chi connectivity index (χ1n) is 7.66. The van der Waals surface area contributed by atoms with Crippen molar-refractivity contribution >= 4 is 17.5 Å². The van der Waals surface area contributed by atoms with Crippen LogP contribution >= 0.6 is 11.6 Å². The summed E-state index contributed by atoms with van der Waals surface area (Å²) in [6, 6.07) is 12.7. The lowest BCUT2D eigenvalue weighted by atomic mass is 10.2. The normalized spacial score (nSPS) is 15.7. The van der Waals surface area contributed by atoms with Crippen LogP contribution in [-0.2, 0) is 4.79 Å². The van der Waals surface area contributed by atoms with Gasteiger partial charge in [0.15, 0.2) is 18.1 Å². The third kappa shape index (κ3) is 4.11. The van der Waals surface area contributed by atoms with E-state index in [1.807, 2.05) is 31.2 Å². The minimum atomic E-state index is -0.221. The average molecular weight is 348 g/mol. The van der Waals surface area contributed by atoms with Crippen LogP contribution in [0.2, 0.25) is 5.02 Å². The average Bonchev–Trinajstić information content (AvgIpc) is 2.59. The van der Waals surface area contributed by atoms with Crippen LogP contribution in [0.4, 0.5) is 0 Å². The molecule has 0 saturated heterocycles. The summed E-state index contributed by atoms with van der Waals surface area (Å²) in [7, 11) is 0. The van der Waals surface area contributed by atoms with Gasteiger partial charge in [-0.3, -0.25) is 4.79 Å². The summed E-state index contributed by atoms with van der Waals surface area (Å²) in [6.07, 6.45) is -0.221. The molecular weight excluding hydrogens is 330 g/mol. The highest BCUT2D eigenvalue weighted by atomic mass is 35.5. The SMILES string of the molecule is Cc1cc(Cl)ccc1OCC(=O)NC[C@H]1COc2ccccc2O1. The van der Waals surface area contributed by atoms with E-state index < -0.39 is 0 Å². The second-order valence-corrected chi connectivity index (χ2v) is 5.94. The smallest absolute Gasteiger partial charge is 0.258 e. The highest BCUT2D eigenvalue weighted by Gasteiger charge is 2.21. The summed E-state index contributed by atoms with van der Waals surface area (Å²) >= 11 is 5.89. The Balaban J connectivity index is 1.45. The maximum absolute atomic E-state index is 11.9. The monoisotopic (exact) mass is 347 g/mol. The van der Waals surface area contributed by atoms with Crippen molar-refractivity contribution in [3.05, 3.63) is 53.1 Å². The van der Waals surface area contributed by atoms with Crippen molar-refractivity contribution in [1.29, 1.82) is 0 Å². The third-order valence-electron chi connectivity index (χ3n) is 3.59. The molecule has 0 aromatic heterocycles. The lowest BCUT2D eigenvalue weighted by Gasteiger charge is -2.26. The third-order valence-corrected chi connectivity index (χ3v) is 3.83. The molecule has 0 saturated carbocycles. The van der Waals surface area contributed by atoms with Crippen LogP contribution in [0.15, 0.2) is 42.5 Å². The van der Waals surface area contributed by atoms with Gasteiger partial charge in [0.25, 0.3) is 5.91 Å². The van der Waals surface area contributed by atoms with Gasteiger partial charge < -0.3 is 19.5 Å². The molecule has 0 aliphatic carbocycles. The molecule has 1 atom stereocenters. The highest BCUT2D eigenvalue weighted by Crippen LogP contribution is 2.30. The van der Waals surface area contributed by atoms with Gasteiger partial charge in [-0.15, -0.1) is 0 Å². The Morgan fingerprint density at radius 1 is 1.29 bits per heavy atom. The van der Waals surface area contributed by atoms with E-state index in [1.165, 1.54) is 0 Å². The van der Waals surface area contributed by atoms with Crippen molar-refractivity contribution in [1.82, 2.24) is 5.32 Å². The number of nitrogens with one attached hydrogen (secondary N) is 1. The summed E-state index contributed by atoms with van der Waals surface area (Å²) in [5, 5.41) is 3.43. The summed E-state index contributed by atoms with van der Waals surface area (Å²) in [5.41, 5.74) is 0.885. The largest absolute Gasteiger partial charge is 0.486 e. The molecule has 2 aromatic rings. The number of hydrogen-bond acceptors (Lipinski definition) is 4. The number of benzene rings is 2. The molecule has 6 heteroatoms. The number of halogens is 1. The molecule has 24 heavy (non-hydrogen) atoms. The molecule has 1 heterocycles. The second-order valence-electron chi connectivity index (χ2n) is 5.50. The molecule has 5 nitrogen and oxygen atoms in total. The van der Waals surface area contributed by atoms with Gasteiger partial charge in [0.2, 0.25) is 0 Å². The topological polar surface area (TPSA) is 56.8 Å². The number of para-hydroxylation sites is 2. The fraction of sp³-hybridized carbons (Fsp3) is 0.278. The van der Waals surface area contributed by atoms with Crippen molar-refractivity contribution < 1.29 is 19.0 Å². The molecule has 0 spiro atoms. The first-order chi connectivity index (χ1) is 11.6. The molecule has 0 fully saturated rings.